The monoisotopic (exact) mass is 409 g/mol. The van der Waals surface area contributed by atoms with Crippen LogP contribution in [0.4, 0.5) is 0 Å². The summed E-state index contributed by atoms with van der Waals surface area (Å²) in [5.41, 5.74) is 3.53. The fourth-order valence-electron chi connectivity index (χ4n) is 2.59. The molecule has 0 heterocycles. The number of hydrogen-bond acceptors (Lipinski definition) is 2. The van der Waals surface area contributed by atoms with E-state index in [0.29, 0.717) is 10.8 Å². The minimum absolute atomic E-state index is 0.0258. The summed E-state index contributed by atoms with van der Waals surface area (Å²) < 4.78 is 6.39. The number of rotatable bonds is 6. The maximum Gasteiger partial charge on any atom is 0.258 e. The highest BCUT2D eigenvalue weighted by molar-refractivity contribution is 9.10. The third kappa shape index (κ3) is 4.99. The number of amides is 1. The molecule has 5 heteroatoms. The normalized spacial score (nSPS) is 11.9. The van der Waals surface area contributed by atoms with Crippen LogP contribution >= 0.6 is 27.5 Å². The second-order valence-electron chi connectivity index (χ2n) is 5.75. The van der Waals surface area contributed by atoms with Crippen molar-refractivity contribution in [2.45, 2.75) is 33.2 Å². The molecule has 1 unspecified atom stereocenters. The summed E-state index contributed by atoms with van der Waals surface area (Å²) in [6.07, 6.45) is 0.814. The van der Waals surface area contributed by atoms with Crippen molar-refractivity contribution in [3.8, 4) is 5.75 Å². The van der Waals surface area contributed by atoms with Gasteiger partial charge in [-0.15, -0.1) is 0 Å². The lowest BCUT2D eigenvalue weighted by Crippen LogP contribution is -2.32. The van der Waals surface area contributed by atoms with Gasteiger partial charge >= 0.3 is 0 Å². The highest BCUT2D eigenvalue weighted by Gasteiger charge is 2.15. The van der Waals surface area contributed by atoms with Crippen LogP contribution in [-0.2, 0) is 4.79 Å². The van der Waals surface area contributed by atoms with E-state index in [9.17, 15) is 4.79 Å². The average Bonchev–Trinajstić information content (AvgIpc) is 2.52. The van der Waals surface area contributed by atoms with E-state index in [1.807, 2.05) is 6.07 Å². The number of benzene rings is 2. The van der Waals surface area contributed by atoms with E-state index in [0.717, 1.165) is 16.5 Å². The average molecular weight is 411 g/mol. The topological polar surface area (TPSA) is 38.3 Å². The Morgan fingerprint density at radius 2 is 2.00 bits per heavy atom. The zero-order valence-corrected chi connectivity index (χ0v) is 16.4. The Balaban J connectivity index is 1.99. The SMILES string of the molecule is CCC(NC(=O)COc1ccc(Br)cc1Cl)c1ccc(C)cc1C. The van der Waals surface area contributed by atoms with Crippen molar-refractivity contribution in [2.75, 3.05) is 6.61 Å². The second kappa shape index (κ2) is 8.54. The molecule has 128 valence electrons. The molecular formula is C19H21BrClNO2. The van der Waals surface area contributed by atoms with E-state index >= 15 is 0 Å². The van der Waals surface area contributed by atoms with E-state index in [4.69, 9.17) is 16.3 Å². The lowest BCUT2D eigenvalue weighted by molar-refractivity contribution is -0.123. The number of ether oxygens (including phenoxy) is 1. The Kier molecular flexibility index (Phi) is 6.69. The molecule has 3 nitrogen and oxygen atoms in total. The predicted octanol–water partition coefficient (Wildman–Crippen LogP) is 5.37. The lowest BCUT2D eigenvalue weighted by Gasteiger charge is -2.20. The Labute approximate surface area is 156 Å². The first-order valence-electron chi connectivity index (χ1n) is 7.85. The van der Waals surface area contributed by atoms with E-state index in [2.05, 4.69) is 60.2 Å². The first-order valence-corrected chi connectivity index (χ1v) is 9.02. The van der Waals surface area contributed by atoms with Gasteiger partial charge in [0.25, 0.3) is 5.91 Å². The van der Waals surface area contributed by atoms with Crippen LogP contribution in [0.2, 0.25) is 5.02 Å². The zero-order chi connectivity index (χ0) is 17.7. The molecule has 0 spiro atoms. The summed E-state index contributed by atoms with van der Waals surface area (Å²) in [4.78, 5) is 12.2. The number of halogens is 2. The van der Waals surface area contributed by atoms with Crippen LogP contribution in [0.15, 0.2) is 40.9 Å². The van der Waals surface area contributed by atoms with Gasteiger partial charge in [-0.1, -0.05) is 58.2 Å². The highest BCUT2D eigenvalue weighted by atomic mass is 79.9. The summed E-state index contributed by atoms with van der Waals surface area (Å²) in [6.45, 7) is 6.11. The molecular weight excluding hydrogens is 390 g/mol. The first kappa shape index (κ1) is 18.8. The van der Waals surface area contributed by atoms with Gasteiger partial charge in [0.1, 0.15) is 5.75 Å². The van der Waals surface area contributed by atoms with Crippen molar-refractivity contribution in [3.05, 3.63) is 62.6 Å². The number of nitrogens with one attached hydrogen (secondary N) is 1. The lowest BCUT2D eigenvalue weighted by atomic mass is 9.97. The molecule has 1 N–H and O–H groups in total. The molecule has 2 rings (SSSR count). The van der Waals surface area contributed by atoms with E-state index in [-0.39, 0.29) is 18.6 Å². The molecule has 0 fully saturated rings. The van der Waals surface area contributed by atoms with Gasteiger partial charge in [0.15, 0.2) is 6.61 Å². The van der Waals surface area contributed by atoms with E-state index in [1.54, 1.807) is 12.1 Å². The van der Waals surface area contributed by atoms with Gasteiger partial charge in [-0.05, 0) is 49.6 Å². The zero-order valence-electron chi connectivity index (χ0n) is 14.0. The fraction of sp³-hybridized carbons (Fsp3) is 0.316. The van der Waals surface area contributed by atoms with Crippen LogP contribution in [0.25, 0.3) is 0 Å². The van der Waals surface area contributed by atoms with Crippen molar-refractivity contribution >= 4 is 33.4 Å². The molecule has 2 aromatic rings. The van der Waals surface area contributed by atoms with Crippen LogP contribution in [0.5, 0.6) is 5.75 Å². The van der Waals surface area contributed by atoms with Gasteiger partial charge in [0.05, 0.1) is 11.1 Å². The summed E-state index contributed by atoms with van der Waals surface area (Å²) in [5.74, 6) is 0.329. The van der Waals surface area contributed by atoms with Crippen LogP contribution in [0.1, 0.15) is 36.1 Å². The molecule has 0 bridgehead atoms. The van der Waals surface area contributed by atoms with Gasteiger partial charge in [0, 0.05) is 4.47 Å². The summed E-state index contributed by atoms with van der Waals surface area (Å²) in [5, 5.41) is 3.50. The first-order chi connectivity index (χ1) is 11.4. The number of carbonyl (C=O) groups excluding carboxylic acids is 1. The number of hydrogen-bond donors (Lipinski definition) is 1. The summed E-state index contributed by atoms with van der Waals surface area (Å²) in [6, 6.07) is 11.5. The van der Waals surface area contributed by atoms with Gasteiger partial charge in [-0.3, -0.25) is 4.79 Å². The van der Waals surface area contributed by atoms with Crippen LogP contribution in [0.3, 0.4) is 0 Å². The van der Waals surface area contributed by atoms with E-state index in [1.165, 1.54) is 11.1 Å². The molecule has 0 aliphatic carbocycles. The Morgan fingerprint density at radius 1 is 1.25 bits per heavy atom. The van der Waals surface area contributed by atoms with Crippen molar-refractivity contribution in [3.63, 3.8) is 0 Å². The Morgan fingerprint density at radius 3 is 2.62 bits per heavy atom. The van der Waals surface area contributed by atoms with E-state index < -0.39 is 0 Å². The van der Waals surface area contributed by atoms with Gasteiger partial charge in [-0.2, -0.15) is 0 Å². The van der Waals surface area contributed by atoms with Crippen LogP contribution in [-0.4, -0.2) is 12.5 Å². The molecule has 0 aliphatic rings. The second-order valence-corrected chi connectivity index (χ2v) is 7.07. The predicted molar refractivity (Wildman–Crippen MR) is 102 cm³/mol. The fourth-order valence-corrected chi connectivity index (χ4v) is 3.32. The van der Waals surface area contributed by atoms with Crippen LogP contribution < -0.4 is 10.1 Å². The largest absolute Gasteiger partial charge is 0.482 e. The molecule has 1 amide bonds. The Hall–Kier alpha value is -1.52. The molecule has 1 atom stereocenters. The standard InChI is InChI=1S/C19H21BrClNO2/c1-4-17(15-7-5-12(2)9-13(15)3)22-19(23)11-24-18-8-6-14(20)10-16(18)21/h5-10,17H,4,11H2,1-3H3,(H,22,23). The molecule has 2 aromatic carbocycles. The quantitative estimate of drug-likeness (QED) is 0.695. The third-order valence-corrected chi connectivity index (χ3v) is 4.59. The van der Waals surface area contributed by atoms with Crippen molar-refractivity contribution < 1.29 is 9.53 Å². The van der Waals surface area contributed by atoms with Crippen molar-refractivity contribution in [1.29, 1.82) is 0 Å². The minimum atomic E-state index is -0.166. The van der Waals surface area contributed by atoms with Gasteiger partial charge < -0.3 is 10.1 Å². The number of carbonyl (C=O) groups is 1. The smallest absolute Gasteiger partial charge is 0.258 e. The summed E-state index contributed by atoms with van der Waals surface area (Å²) in [7, 11) is 0. The molecule has 0 radical (unpaired) electrons. The minimum Gasteiger partial charge on any atom is -0.482 e. The number of aryl methyl sites for hydroxylation is 2. The highest BCUT2D eigenvalue weighted by Crippen LogP contribution is 2.27. The van der Waals surface area contributed by atoms with Gasteiger partial charge in [0.2, 0.25) is 0 Å². The van der Waals surface area contributed by atoms with Crippen LogP contribution in [0, 0.1) is 13.8 Å². The maximum atomic E-state index is 12.2. The van der Waals surface area contributed by atoms with Crippen molar-refractivity contribution in [2.24, 2.45) is 0 Å². The maximum absolute atomic E-state index is 12.2. The van der Waals surface area contributed by atoms with Gasteiger partial charge in [-0.25, -0.2) is 0 Å². The van der Waals surface area contributed by atoms with Crippen molar-refractivity contribution in [1.82, 2.24) is 5.32 Å². The molecule has 0 aromatic heterocycles. The molecule has 0 saturated heterocycles. The molecule has 0 aliphatic heterocycles. The summed E-state index contributed by atoms with van der Waals surface area (Å²) >= 11 is 9.43. The Bertz CT molecular complexity index is 733. The third-order valence-electron chi connectivity index (χ3n) is 3.80. The molecule has 24 heavy (non-hydrogen) atoms. The molecule has 0 saturated carbocycles.